The molecule has 1 aromatic rings. The molecule has 1 aliphatic carbocycles. The van der Waals surface area contributed by atoms with E-state index in [4.69, 9.17) is 10.2 Å². The van der Waals surface area contributed by atoms with Crippen molar-refractivity contribution < 1.29 is 24.6 Å². The van der Waals surface area contributed by atoms with Crippen LogP contribution < -0.4 is 10.6 Å². The quantitative estimate of drug-likeness (QED) is 0.596. The van der Waals surface area contributed by atoms with Crippen molar-refractivity contribution in [3.05, 3.63) is 29.3 Å². The Kier molecular flexibility index (Phi) is 4.54. The molecule has 0 aromatic heterocycles. The fourth-order valence-electron chi connectivity index (χ4n) is 1.86. The van der Waals surface area contributed by atoms with E-state index in [0.717, 1.165) is 12.6 Å². The Balaban J connectivity index is 2.01. The molecule has 0 spiro atoms. The minimum atomic E-state index is -1.25. The average Bonchev–Trinajstić information content (AvgIpc) is 3.22. The maximum Gasteiger partial charge on any atom is 0.335 e. The molecule has 21 heavy (non-hydrogen) atoms. The van der Waals surface area contributed by atoms with Crippen LogP contribution in [0.2, 0.25) is 0 Å². The lowest BCUT2D eigenvalue weighted by Gasteiger charge is -2.08. The summed E-state index contributed by atoms with van der Waals surface area (Å²) in [6.07, 6.45) is 2.36. The first kappa shape index (κ1) is 15.0. The van der Waals surface area contributed by atoms with Crippen molar-refractivity contribution in [2.45, 2.75) is 12.8 Å². The number of amides is 1. The molecule has 0 heterocycles. The van der Waals surface area contributed by atoms with E-state index in [0.29, 0.717) is 5.92 Å². The fraction of sp³-hybridized carbons (Fsp3) is 0.357. The highest BCUT2D eigenvalue weighted by Crippen LogP contribution is 2.27. The van der Waals surface area contributed by atoms with E-state index in [1.165, 1.54) is 25.0 Å². The van der Waals surface area contributed by atoms with Crippen molar-refractivity contribution >= 4 is 23.5 Å². The maximum absolute atomic E-state index is 11.7. The molecule has 0 saturated heterocycles. The number of nitrogens with one attached hydrogen (secondary N) is 2. The summed E-state index contributed by atoms with van der Waals surface area (Å²) in [4.78, 5) is 33.6. The Morgan fingerprint density at radius 3 is 2.10 bits per heavy atom. The third-order valence-corrected chi connectivity index (χ3v) is 3.13. The first-order valence-corrected chi connectivity index (χ1v) is 6.58. The minimum absolute atomic E-state index is 0.107. The molecule has 0 bridgehead atoms. The van der Waals surface area contributed by atoms with Gasteiger partial charge < -0.3 is 20.8 Å². The van der Waals surface area contributed by atoms with E-state index in [1.54, 1.807) is 0 Å². The summed E-state index contributed by atoms with van der Waals surface area (Å²) in [6.45, 7) is 0.888. The first-order chi connectivity index (χ1) is 9.95. The third kappa shape index (κ3) is 4.57. The van der Waals surface area contributed by atoms with Gasteiger partial charge in [-0.15, -0.1) is 0 Å². The molecular weight excluding hydrogens is 276 g/mol. The van der Waals surface area contributed by atoms with E-state index in [-0.39, 0.29) is 29.3 Å². The van der Waals surface area contributed by atoms with E-state index >= 15 is 0 Å². The Labute approximate surface area is 121 Å². The Bertz CT molecular complexity index is 548. The van der Waals surface area contributed by atoms with E-state index < -0.39 is 11.9 Å². The zero-order valence-corrected chi connectivity index (χ0v) is 11.3. The summed E-state index contributed by atoms with van der Waals surface area (Å²) in [5.41, 5.74) is -0.210. The van der Waals surface area contributed by atoms with Gasteiger partial charge in [-0.3, -0.25) is 4.79 Å². The molecule has 4 N–H and O–H groups in total. The number of rotatable bonds is 7. The number of aromatic carboxylic acids is 2. The van der Waals surface area contributed by atoms with Gasteiger partial charge in [0.15, 0.2) is 0 Å². The molecule has 2 rings (SSSR count). The Morgan fingerprint density at radius 1 is 1.05 bits per heavy atom. The smallest absolute Gasteiger partial charge is 0.335 e. The summed E-state index contributed by atoms with van der Waals surface area (Å²) >= 11 is 0. The van der Waals surface area contributed by atoms with Crippen molar-refractivity contribution in [2.24, 2.45) is 5.92 Å². The molecule has 0 atom stereocenters. The molecule has 1 saturated carbocycles. The molecule has 1 aliphatic rings. The number of carboxylic acid groups (broad SMARTS) is 2. The van der Waals surface area contributed by atoms with Gasteiger partial charge in [-0.05, 0) is 43.5 Å². The summed E-state index contributed by atoms with van der Waals surface area (Å²) in [5, 5.41) is 23.4. The second-order valence-corrected chi connectivity index (χ2v) is 5.03. The zero-order valence-electron chi connectivity index (χ0n) is 11.3. The predicted molar refractivity (Wildman–Crippen MR) is 74.6 cm³/mol. The molecule has 1 fully saturated rings. The third-order valence-electron chi connectivity index (χ3n) is 3.13. The fourth-order valence-corrected chi connectivity index (χ4v) is 1.86. The molecule has 1 aromatic carbocycles. The van der Waals surface area contributed by atoms with Gasteiger partial charge in [0.05, 0.1) is 17.7 Å². The van der Waals surface area contributed by atoms with Gasteiger partial charge in [0, 0.05) is 5.69 Å². The normalized spacial score (nSPS) is 13.7. The number of carboxylic acids is 2. The largest absolute Gasteiger partial charge is 0.478 e. The topological polar surface area (TPSA) is 116 Å². The first-order valence-electron chi connectivity index (χ1n) is 6.58. The van der Waals surface area contributed by atoms with Gasteiger partial charge >= 0.3 is 11.9 Å². The highest BCUT2D eigenvalue weighted by atomic mass is 16.4. The second-order valence-electron chi connectivity index (χ2n) is 5.03. The van der Waals surface area contributed by atoms with Gasteiger partial charge in [0.2, 0.25) is 5.91 Å². The lowest BCUT2D eigenvalue weighted by molar-refractivity contribution is -0.115. The number of carbonyl (C=O) groups is 3. The van der Waals surface area contributed by atoms with Crippen molar-refractivity contribution in [1.82, 2.24) is 5.32 Å². The number of hydrogen-bond donors (Lipinski definition) is 4. The van der Waals surface area contributed by atoms with Crippen LogP contribution in [0.25, 0.3) is 0 Å². The van der Waals surface area contributed by atoms with Crippen LogP contribution in [0.4, 0.5) is 5.69 Å². The number of carbonyl (C=O) groups excluding carboxylic acids is 1. The average molecular weight is 292 g/mol. The number of benzene rings is 1. The molecule has 112 valence electrons. The van der Waals surface area contributed by atoms with Crippen LogP contribution in [0.15, 0.2) is 18.2 Å². The molecule has 7 heteroatoms. The lowest BCUT2D eigenvalue weighted by Crippen LogP contribution is -2.29. The molecule has 0 radical (unpaired) electrons. The van der Waals surface area contributed by atoms with E-state index in [2.05, 4.69) is 10.6 Å². The summed E-state index contributed by atoms with van der Waals surface area (Å²) < 4.78 is 0. The van der Waals surface area contributed by atoms with Crippen LogP contribution in [0, 0.1) is 5.92 Å². The summed E-state index contributed by atoms with van der Waals surface area (Å²) in [6, 6.07) is 3.51. The van der Waals surface area contributed by atoms with Crippen LogP contribution in [-0.2, 0) is 4.79 Å². The summed E-state index contributed by atoms with van der Waals surface area (Å²) in [7, 11) is 0. The van der Waals surface area contributed by atoms with E-state index in [1.807, 2.05) is 0 Å². The van der Waals surface area contributed by atoms with Crippen molar-refractivity contribution in [3.8, 4) is 0 Å². The van der Waals surface area contributed by atoms with Crippen LogP contribution in [0.3, 0.4) is 0 Å². The SMILES string of the molecule is O=C(CNCC1CC1)Nc1cc(C(=O)O)cc(C(=O)O)c1. The number of anilines is 1. The van der Waals surface area contributed by atoms with Crippen LogP contribution in [0.1, 0.15) is 33.6 Å². The molecule has 0 aliphatic heterocycles. The molecule has 0 unspecified atom stereocenters. The van der Waals surface area contributed by atoms with Gasteiger partial charge in [-0.2, -0.15) is 0 Å². The van der Waals surface area contributed by atoms with Crippen molar-refractivity contribution in [2.75, 3.05) is 18.4 Å². The molecular formula is C14H16N2O5. The highest BCUT2D eigenvalue weighted by molar-refractivity contribution is 5.98. The minimum Gasteiger partial charge on any atom is -0.478 e. The maximum atomic E-state index is 11.7. The van der Waals surface area contributed by atoms with Gasteiger partial charge in [0.1, 0.15) is 0 Å². The Hall–Kier alpha value is -2.41. The van der Waals surface area contributed by atoms with Crippen LogP contribution >= 0.6 is 0 Å². The number of hydrogen-bond acceptors (Lipinski definition) is 4. The Morgan fingerprint density at radius 2 is 1.62 bits per heavy atom. The summed E-state index contributed by atoms with van der Waals surface area (Å²) in [5.74, 6) is -2.19. The standard InChI is InChI=1S/C14H16N2O5/c17-12(7-15-6-8-1-2-8)16-11-4-9(13(18)19)3-10(5-11)14(20)21/h3-5,8,15H,1-2,6-7H2,(H,16,17)(H,18,19)(H,20,21). The van der Waals surface area contributed by atoms with Gasteiger partial charge in [-0.1, -0.05) is 0 Å². The van der Waals surface area contributed by atoms with Gasteiger partial charge in [0.25, 0.3) is 0 Å². The monoisotopic (exact) mass is 292 g/mol. The molecule has 7 nitrogen and oxygen atoms in total. The van der Waals surface area contributed by atoms with Crippen molar-refractivity contribution in [3.63, 3.8) is 0 Å². The van der Waals surface area contributed by atoms with Gasteiger partial charge in [-0.25, -0.2) is 9.59 Å². The lowest BCUT2D eigenvalue weighted by atomic mass is 10.1. The van der Waals surface area contributed by atoms with Crippen LogP contribution in [0.5, 0.6) is 0 Å². The van der Waals surface area contributed by atoms with E-state index in [9.17, 15) is 14.4 Å². The van der Waals surface area contributed by atoms with Crippen molar-refractivity contribution in [1.29, 1.82) is 0 Å². The zero-order chi connectivity index (χ0) is 15.4. The highest BCUT2D eigenvalue weighted by Gasteiger charge is 2.20. The molecule has 1 amide bonds. The second kappa shape index (κ2) is 6.36. The van der Waals surface area contributed by atoms with Crippen LogP contribution in [-0.4, -0.2) is 41.1 Å². The predicted octanol–water partition coefficient (Wildman–Crippen LogP) is 1.02.